The number of rotatable bonds is 8. The number of hydrogen-bond acceptors (Lipinski definition) is 10. The fourth-order valence-electron chi connectivity index (χ4n) is 2.80. The van der Waals surface area contributed by atoms with E-state index in [1.165, 1.54) is 0 Å². The minimum atomic E-state index is -1.74. The third kappa shape index (κ3) is 6.06. The van der Waals surface area contributed by atoms with Gasteiger partial charge in [0.2, 0.25) is 0 Å². The number of ether oxygens (including phenoxy) is 2. The van der Waals surface area contributed by atoms with Gasteiger partial charge in [0.25, 0.3) is 0 Å². The Morgan fingerprint density at radius 3 is 1.96 bits per heavy atom. The van der Waals surface area contributed by atoms with Crippen molar-refractivity contribution in [2.75, 3.05) is 13.2 Å². The summed E-state index contributed by atoms with van der Waals surface area (Å²) in [7, 11) is 0. The van der Waals surface area contributed by atoms with E-state index in [1.54, 1.807) is 0 Å². The molecule has 0 radical (unpaired) electrons. The molecule has 10 nitrogen and oxygen atoms in total. The lowest BCUT2D eigenvalue weighted by Crippen LogP contribution is -2.61. The van der Waals surface area contributed by atoms with Gasteiger partial charge in [-0.2, -0.15) is 0 Å². The van der Waals surface area contributed by atoms with Crippen molar-refractivity contribution in [3.8, 4) is 0 Å². The quantitative estimate of drug-likeness (QED) is 0.211. The summed E-state index contributed by atoms with van der Waals surface area (Å²) < 4.78 is 10.5. The summed E-state index contributed by atoms with van der Waals surface area (Å²) in [5, 5.41) is 78.4. The summed E-state index contributed by atoms with van der Waals surface area (Å²) in [5.41, 5.74) is -0.349. The Morgan fingerprint density at radius 1 is 0.923 bits per heavy atom. The van der Waals surface area contributed by atoms with Gasteiger partial charge < -0.3 is 50.3 Å². The van der Waals surface area contributed by atoms with E-state index in [0.717, 1.165) is 0 Å². The van der Waals surface area contributed by atoms with Gasteiger partial charge in [0.05, 0.1) is 19.3 Å². The van der Waals surface area contributed by atoms with E-state index in [9.17, 15) is 40.9 Å². The largest absolute Gasteiger partial charge is 0.394 e. The van der Waals surface area contributed by atoms with E-state index >= 15 is 0 Å². The average Bonchev–Trinajstić information content (AvgIpc) is 2.56. The predicted molar refractivity (Wildman–Crippen MR) is 87.8 cm³/mol. The van der Waals surface area contributed by atoms with Gasteiger partial charge in [-0.3, -0.25) is 0 Å². The average molecular weight is 384 g/mol. The van der Waals surface area contributed by atoms with Crippen molar-refractivity contribution in [1.82, 2.24) is 0 Å². The SMILES string of the molecule is CC(C)(C)C[C@@H](O)[C@@H](O)[C@H](O[C@@H]1O[C@H](CO)[C@H](O)[C@H](O)[C@H]1O)[C@H](O)CO. The molecule has 0 aromatic rings. The molecule has 156 valence electrons. The number of aliphatic hydroxyl groups excluding tert-OH is 8. The van der Waals surface area contributed by atoms with Gasteiger partial charge in [0.15, 0.2) is 6.29 Å². The molecule has 9 atom stereocenters. The van der Waals surface area contributed by atoms with Gasteiger partial charge in [0.1, 0.15) is 42.7 Å². The summed E-state index contributed by atoms with van der Waals surface area (Å²) in [5.74, 6) is 0. The maximum absolute atomic E-state index is 10.4. The predicted octanol–water partition coefficient (Wildman–Crippen LogP) is -3.32. The Morgan fingerprint density at radius 2 is 1.50 bits per heavy atom. The van der Waals surface area contributed by atoms with Gasteiger partial charge in [-0.05, 0) is 11.8 Å². The standard InChI is InChI=1S/C16H32O10/c1-16(2,3)4-7(19)10(21)14(8(20)5-17)26-15-13(24)12(23)11(22)9(6-18)25-15/h7-15,17-24H,4-6H2,1-3H3/t7-,8-,9-,10-,11+,12+,13-,14-,15+/m1/s1. The van der Waals surface area contributed by atoms with E-state index in [-0.39, 0.29) is 11.8 Å². The first-order chi connectivity index (χ1) is 11.9. The van der Waals surface area contributed by atoms with E-state index in [1.807, 2.05) is 20.8 Å². The van der Waals surface area contributed by atoms with Crippen LogP contribution in [-0.4, -0.2) is 109 Å². The maximum atomic E-state index is 10.4. The Balaban J connectivity index is 2.93. The molecular formula is C16H32O10. The van der Waals surface area contributed by atoms with Crippen LogP contribution in [0.4, 0.5) is 0 Å². The zero-order chi connectivity index (χ0) is 20.2. The Hall–Kier alpha value is -0.400. The summed E-state index contributed by atoms with van der Waals surface area (Å²) in [6.07, 6.45) is -13.9. The monoisotopic (exact) mass is 384 g/mol. The van der Waals surface area contributed by atoms with Crippen LogP contribution in [0, 0.1) is 5.41 Å². The second kappa shape index (κ2) is 9.69. The molecule has 0 aromatic heterocycles. The lowest BCUT2D eigenvalue weighted by atomic mass is 9.86. The first kappa shape index (κ1) is 23.6. The molecule has 10 heteroatoms. The summed E-state index contributed by atoms with van der Waals surface area (Å²) in [4.78, 5) is 0. The lowest BCUT2D eigenvalue weighted by Gasteiger charge is -2.42. The zero-order valence-corrected chi connectivity index (χ0v) is 15.2. The fourth-order valence-corrected chi connectivity index (χ4v) is 2.80. The summed E-state index contributed by atoms with van der Waals surface area (Å²) in [6, 6.07) is 0. The molecule has 0 saturated carbocycles. The van der Waals surface area contributed by atoms with Gasteiger partial charge in [-0.1, -0.05) is 20.8 Å². The highest BCUT2D eigenvalue weighted by atomic mass is 16.7. The molecule has 1 aliphatic heterocycles. The molecule has 1 rings (SSSR count). The van der Waals surface area contributed by atoms with Crippen molar-refractivity contribution in [2.45, 2.75) is 82.3 Å². The Kier molecular flexibility index (Phi) is 8.81. The zero-order valence-electron chi connectivity index (χ0n) is 15.2. The van der Waals surface area contributed by atoms with Gasteiger partial charge in [-0.15, -0.1) is 0 Å². The first-order valence-corrected chi connectivity index (χ1v) is 8.54. The molecule has 0 spiro atoms. The molecule has 0 amide bonds. The fraction of sp³-hybridized carbons (Fsp3) is 1.00. The van der Waals surface area contributed by atoms with E-state index in [0.29, 0.717) is 0 Å². The van der Waals surface area contributed by atoms with Crippen LogP contribution in [0.2, 0.25) is 0 Å². The lowest BCUT2D eigenvalue weighted by molar-refractivity contribution is -0.327. The van der Waals surface area contributed by atoms with Crippen molar-refractivity contribution in [1.29, 1.82) is 0 Å². The van der Waals surface area contributed by atoms with E-state index in [2.05, 4.69) is 0 Å². The van der Waals surface area contributed by atoms with Crippen LogP contribution in [0.15, 0.2) is 0 Å². The second-order valence-corrected chi connectivity index (χ2v) is 7.87. The maximum Gasteiger partial charge on any atom is 0.187 e. The van der Waals surface area contributed by atoms with Crippen LogP contribution in [0.25, 0.3) is 0 Å². The van der Waals surface area contributed by atoms with Gasteiger partial charge in [0, 0.05) is 0 Å². The molecule has 1 heterocycles. The van der Waals surface area contributed by atoms with Crippen molar-refractivity contribution in [2.24, 2.45) is 5.41 Å². The normalized spacial score (nSPS) is 35.0. The molecule has 0 aromatic carbocycles. The smallest absolute Gasteiger partial charge is 0.187 e. The van der Waals surface area contributed by atoms with Crippen LogP contribution < -0.4 is 0 Å². The summed E-state index contributed by atoms with van der Waals surface area (Å²) in [6.45, 7) is 4.02. The molecular weight excluding hydrogens is 352 g/mol. The highest BCUT2D eigenvalue weighted by molar-refractivity contribution is 4.91. The van der Waals surface area contributed by atoms with Crippen LogP contribution >= 0.6 is 0 Å². The minimum absolute atomic E-state index is 0.154. The molecule has 26 heavy (non-hydrogen) atoms. The van der Waals surface area contributed by atoms with Gasteiger partial charge >= 0.3 is 0 Å². The van der Waals surface area contributed by atoms with Crippen LogP contribution in [0.5, 0.6) is 0 Å². The third-order valence-corrected chi connectivity index (χ3v) is 4.26. The van der Waals surface area contributed by atoms with Crippen molar-refractivity contribution < 1.29 is 50.3 Å². The second-order valence-electron chi connectivity index (χ2n) is 7.87. The Labute approximate surface area is 152 Å². The number of aliphatic hydroxyl groups is 8. The molecule has 8 N–H and O–H groups in total. The van der Waals surface area contributed by atoms with Crippen molar-refractivity contribution in [3.05, 3.63) is 0 Å². The summed E-state index contributed by atoms with van der Waals surface area (Å²) >= 11 is 0. The molecule has 1 saturated heterocycles. The highest BCUT2D eigenvalue weighted by Crippen LogP contribution is 2.27. The topological polar surface area (TPSA) is 180 Å². The first-order valence-electron chi connectivity index (χ1n) is 8.54. The molecule has 0 bridgehead atoms. The number of hydrogen-bond donors (Lipinski definition) is 8. The van der Waals surface area contributed by atoms with E-state index < -0.39 is 68.3 Å². The highest BCUT2D eigenvalue weighted by Gasteiger charge is 2.46. The molecule has 1 fully saturated rings. The molecule has 1 aliphatic rings. The molecule has 0 unspecified atom stereocenters. The van der Waals surface area contributed by atoms with Crippen molar-refractivity contribution >= 4 is 0 Å². The van der Waals surface area contributed by atoms with Crippen LogP contribution in [0.1, 0.15) is 27.2 Å². The minimum Gasteiger partial charge on any atom is -0.394 e. The Bertz CT molecular complexity index is 412. The van der Waals surface area contributed by atoms with E-state index in [4.69, 9.17) is 9.47 Å². The molecule has 0 aliphatic carbocycles. The van der Waals surface area contributed by atoms with Gasteiger partial charge in [-0.25, -0.2) is 0 Å². The van der Waals surface area contributed by atoms with Crippen LogP contribution in [-0.2, 0) is 9.47 Å². The third-order valence-electron chi connectivity index (χ3n) is 4.26. The van der Waals surface area contributed by atoms with Crippen molar-refractivity contribution in [3.63, 3.8) is 0 Å². The van der Waals surface area contributed by atoms with Crippen LogP contribution in [0.3, 0.4) is 0 Å².